The minimum Gasteiger partial charge on any atom is -0.693 e. The minimum absolute atomic E-state index is 0. The van der Waals surface area contributed by atoms with Crippen LogP contribution in [0.2, 0.25) is 0 Å². The minimum atomic E-state index is -0.443. The maximum atomic E-state index is 5.17. The third-order valence-corrected chi connectivity index (χ3v) is 3.22. The number of methoxy groups -OCH3 is 4. The number of halogens is 2. The number of nitrogens with zero attached hydrogens (tertiary/aromatic N) is 4. The van der Waals surface area contributed by atoms with E-state index in [1.54, 1.807) is 28.4 Å². The number of nitrogens with two attached hydrogens (primary N) is 1. The molecule has 0 aliphatic rings. The summed E-state index contributed by atoms with van der Waals surface area (Å²) in [4.78, 5) is 0. The molecule has 0 saturated carbocycles. The molecule has 4 N–H and O–H groups in total. The van der Waals surface area contributed by atoms with Gasteiger partial charge in [0.05, 0.1) is 13.1 Å². The summed E-state index contributed by atoms with van der Waals surface area (Å²) in [6.07, 6.45) is 2.89. The Labute approximate surface area is 190 Å². The van der Waals surface area contributed by atoms with E-state index in [-0.39, 0.29) is 28.7 Å². The second-order valence-electron chi connectivity index (χ2n) is 4.66. The van der Waals surface area contributed by atoms with Crippen LogP contribution in [0.25, 0.3) is 6.15 Å². The van der Waals surface area contributed by atoms with Gasteiger partial charge in [0.25, 0.3) is 0 Å². The first-order valence-corrected chi connectivity index (χ1v) is 9.71. The fraction of sp³-hybridized carbons (Fsp3) is 0.571. The van der Waals surface area contributed by atoms with Gasteiger partial charge >= 0.3 is 33.3 Å². The van der Waals surface area contributed by atoms with Gasteiger partial charge in [0.1, 0.15) is 11.4 Å². The Balaban J connectivity index is -0.000000978. The van der Waals surface area contributed by atoms with Crippen LogP contribution in [0.5, 0.6) is 0 Å². The molecule has 174 valence electrons. The van der Waals surface area contributed by atoms with Crippen LogP contribution in [-0.2, 0) is 62.2 Å². The van der Waals surface area contributed by atoms with Gasteiger partial charge in [0.15, 0.2) is 0 Å². The van der Waals surface area contributed by atoms with Crippen molar-refractivity contribution in [3.63, 3.8) is 0 Å². The molecule has 0 fully saturated rings. The Bertz CT molecular complexity index is 550. The average molecular weight is 542 g/mol. The maximum Gasteiger partial charge on any atom is 0 e. The number of hydrogen-bond acceptors (Lipinski definition) is 6. The van der Waals surface area contributed by atoms with E-state index in [0.29, 0.717) is 13.1 Å². The normalized spacial score (nSPS) is 10.0. The molecule has 0 amide bonds. The van der Waals surface area contributed by atoms with Gasteiger partial charge in [-0.15, -0.1) is 0 Å². The smallest absolute Gasteiger partial charge is 0 e. The van der Waals surface area contributed by atoms with E-state index in [2.05, 4.69) is 30.4 Å². The largest absolute Gasteiger partial charge is 0.693 e. The number of ether oxygens (including phenoxy) is 4. The van der Waals surface area contributed by atoms with E-state index in [1.165, 1.54) is 0 Å². The molecule has 0 aliphatic heterocycles. The molecule has 2 rings (SSSR count). The Morgan fingerprint density at radius 1 is 0.857 bits per heavy atom. The Kier molecular flexibility index (Phi) is 21.8. The van der Waals surface area contributed by atoms with E-state index < -0.39 is 12.6 Å². The average Bonchev–Trinajstić information content (AvgIpc) is 3.26. The zero-order valence-electron chi connectivity index (χ0n) is 15.7. The quantitative estimate of drug-likeness (QED) is 0.353. The molecular weight excluding hydrogens is 516 g/mol. The molecule has 0 atom stereocenters. The van der Waals surface area contributed by atoms with Crippen molar-refractivity contribution in [2.45, 2.75) is 25.7 Å². The molecule has 0 aliphatic carbocycles. The van der Waals surface area contributed by atoms with Crippen LogP contribution in [0.15, 0.2) is 24.5 Å². The summed E-state index contributed by atoms with van der Waals surface area (Å²) in [6.45, 7) is 1.37. The van der Waals surface area contributed by atoms with Gasteiger partial charge in [0, 0.05) is 57.9 Å². The molecule has 28 heavy (non-hydrogen) atoms. The van der Waals surface area contributed by atoms with Crippen LogP contribution in [0.1, 0.15) is 24.0 Å². The molecule has 10 nitrogen and oxygen atoms in total. The van der Waals surface area contributed by atoms with E-state index in [4.69, 9.17) is 18.9 Å². The molecule has 0 saturated heterocycles. The second kappa shape index (κ2) is 18.8. The number of aromatic nitrogens is 4. The molecule has 2 aromatic rings. The summed E-state index contributed by atoms with van der Waals surface area (Å²) in [6, 6.07) is 3.75. The monoisotopic (exact) mass is 540 g/mol. The molecule has 0 aromatic carbocycles. The Hall–Kier alpha value is -0.201. The molecule has 2 heterocycles. The first kappa shape index (κ1) is 32.5. The Morgan fingerprint density at radius 3 is 1.39 bits per heavy atom. The van der Waals surface area contributed by atoms with E-state index in [9.17, 15) is 0 Å². The standard InChI is InChI=1S/C14H22N4O4.2ClH.2Cu.H2N.H2O/c1-19-13(20-2)11-5-7-17(15-11)9-10-18-8-6-12(16-18)14(21-3)22-4;;;;;;/h5-8,13-14H,9-10H2,1-4H3;2*1H;;;2*1H2/q;;;;+2;-1;/p-2. The SMILES string of the molecule is COC(OC)c1ccn(CCn2ccc(C(OC)OC)n2)n1.O.[Cl][Cu][Cl].[Cu].[NH2-]. The van der Waals surface area contributed by atoms with Gasteiger partial charge in [-0.05, 0) is 12.1 Å². The summed E-state index contributed by atoms with van der Waals surface area (Å²) < 4.78 is 24.3. The topological polar surface area (TPSA) is 138 Å². The van der Waals surface area contributed by atoms with Gasteiger partial charge in [-0.1, -0.05) is 0 Å². The third kappa shape index (κ3) is 10.5. The summed E-state index contributed by atoms with van der Waals surface area (Å²) >= 11 is 0.757. The first-order chi connectivity index (χ1) is 12.1. The van der Waals surface area contributed by atoms with Gasteiger partial charge in [-0.25, -0.2) is 0 Å². The number of aryl methyl sites for hydroxylation is 2. The Morgan fingerprint density at radius 2 is 1.14 bits per heavy atom. The van der Waals surface area contributed by atoms with Crippen molar-refractivity contribution in [3.05, 3.63) is 42.1 Å². The number of rotatable bonds is 9. The first-order valence-electron chi connectivity index (χ1n) is 7.12. The van der Waals surface area contributed by atoms with Crippen molar-refractivity contribution in [1.82, 2.24) is 19.6 Å². The summed E-state index contributed by atoms with van der Waals surface area (Å²) in [5.41, 5.74) is 1.48. The molecular formula is C14H26Cl2Cu2N5O5-. The summed E-state index contributed by atoms with van der Waals surface area (Å²) in [7, 11) is 15.7. The zero-order valence-corrected chi connectivity index (χ0v) is 19.1. The predicted octanol–water partition coefficient (Wildman–Crippen LogP) is 2.63. The van der Waals surface area contributed by atoms with Gasteiger partial charge < -0.3 is 30.6 Å². The van der Waals surface area contributed by atoms with E-state index >= 15 is 0 Å². The zero-order chi connectivity index (χ0) is 18.7. The molecule has 1 radical (unpaired) electrons. The number of hydrogen-bond donors (Lipinski definition) is 0. The van der Waals surface area contributed by atoms with Gasteiger partial charge in [0.2, 0.25) is 12.6 Å². The van der Waals surface area contributed by atoms with Crippen LogP contribution in [0, 0.1) is 0 Å². The van der Waals surface area contributed by atoms with Crippen LogP contribution >= 0.6 is 20.2 Å². The van der Waals surface area contributed by atoms with Crippen LogP contribution < -0.4 is 0 Å². The molecule has 2 aromatic heterocycles. The fourth-order valence-electron chi connectivity index (χ4n) is 2.14. The van der Waals surface area contributed by atoms with Crippen molar-refractivity contribution in [1.29, 1.82) is 0 Å². The van der Waals surface area contributed by atoms with Crippen molar-refractivity contribution in [2.24, 2.45) is 0 Å². The van der Waals surface area contributed by atoms with Crippen LogP contribution in [0.3, 0.4) is 0 Å². The molecule has 14 heteroatoms. The summed E-state index contributed by atoms with van der Waals surface area (Å²) in [5.74, 6) is 0. The van der Waals surface area contributed by atoms with E-state index in [0.717, 1.165) is 24.5 Å². The van der Waals surface area contributed by atoms with Crippen molar-refractivity contribution in [2.75, 3.05) is 28.4 Å². The van der Waals surface area contributed by atoms with Crippen molar-refractivity contribution in [3.8, 4) is 0 Å². The molecule has 0 spiro atoms. The van der Waals surface area contributed by atoms with Crippen LogP contribution in [-0.4, -0.2) is 53.5 Å². The molecule has 0 unspecified atom stereocenters. The molecule has 0 bridgehead atoms. The summed E-state index contributed by atoms with van der Waals surface area (Å²) in [5, 5.41) is 8.84. The van der Waals surface area contributed by atoms with E-state index in [1.807, 2.05) is 33.9 Å². The maximum absolute atomic E-state index is 5.17. The van der Waals surface area contributed by atoms with Gasteiger partial charge in [-0.2, -0.15) is 10.2 Å². The third-order valence-electron chi connectivity index (χ3n) is 3.22. The predicted molar refractivity (Wildman–Crippen MR) is 98.6 cm³/mol. The van der Waals surface area contributed by atoms with Gasteiger partial charge in [-0.3, -0.25) is 9.36 Å². The van der Waals surface area contributed by atoms with Crippen LogP contribution in [0.4, 0.5) is 0 Å². The second-order valence-corrected chi connectivity index (χ2v) is 6.21. The van der Waals surface area contributed by atoms with Crippen molar-refractivity contribution >= 4 is 20.2 Å². The fourth-order valence-corrected chi connectivity index (χ4v) is 2.14. The van der Waals surface area contributed by atoms with Crippen molar-refractivity contribution < 1.29 is 54.6 Å².